The van der Waals surface area contributed by atoms with Crippen molar-refractivity contribution in [1.82, 2.24) is 15.5 Å². The van der Waals surface area contributed by atoms with E-state index in [2.05, 4.69) is 15.6 Å². The first-order chi connectivity index (χ1) is 19.5. The molecule has 4 atom stereocenters. The molecule has 1 aromatic rings. The summed E-state index contributed by atoms with van der Waals surface area (Å²) in [5.41, 5.74) is 0.0979. The lowest BCUT2D eigenvalue weighted by molar-refractivity contribution is -0.161. The lowest BCUT2D eigenvalue weighted by Crippen LogP contribution is -2.47. The number of rotatable bonds is 13. The zero-order valence-corrected chi connectivity index (χ0v) is 23.8. The van der Waals surface area contributed by atoms with Gasteiger partial charge in [-0.2, -0.15) is 0 Å². The fourth-order valence-electron chi connectivity index (χ4n) is 4.43. The van der Waals surface area contributed by atoms with Crippen molar-refractivity contribution in [3.05, 3.63) is 35.4 Å². The van der Waals surface area contributed by atoms with E-state index in [0.717, 1.165) is 44.7 Å². The monoisotopic (exact) mass is 580 g/mol. The highest BCUT2D eigenvalue weighted by atomic mass is 19.1. The summed E-state index contributed by atoms with van der Waals surface area (Å²) < 4.78 is 37.8. The summed E-state index contributed by atoms with van der Waals surface area (Å²) in [6.45, 7) is 5.53. The van der Waals surface area contributed by atoms with Crippen LogP contribution in [-0.4, -0.2) is 79.3 Å². The van der Waals surface area contributed by atoms with E-state index in [-0.39, 0.29) is 17.9 Å². The summed E-state index contributed by atoms with van der Waals surface area (Å²) in [5, 5.41) is 5.08. The van der Waals surface area contributed by atoms with Crippen LogP contribution in [0.25, 0.3) is 0 Å². The van der Waals surface area contributed by atoms with E-state index in [0.29, 0.717) is 32.0 Å². The predicted molar refractivity (Wildman–Crippen MR) is 145 cm³/mol. The predicted octanol–water partition coefficient (Wildman–Crippen LogP) is 2.69. The van der Waals surface area contributed by atoms with E-state index >= 15 is 0 Å². The van der Waals surface area contributed by atoms with Gasteiger partial charge in [0.05, 0.1) is 7.11 Å². The third-order valence-corrected chi connectivity index (χ3v) is 6.60. The van der Waals surface area contributed by atoms with Gasteiger partial charge in [-0.05, 0) is 43.9 Å². The summed E-state index contributed by atoms with van der Waals surface area (Å²) in [6.07, 6.45) is 3.13. The number of halogens is 2. The van der Waals surface area contributed by atoms with Gasteiger partial charge < -0.3 is 25.0 Å². The number of nitrogens with one attached hydrogen (secondary N) is 2. The highest BCUT2D eigenvalue weighted by molar-refractivity contribution is 5.98. The van der Waals surface area contributed by atoms with E-state index < -0.39 is 59.6 Å². The zero-order chi connectivity index (χ0) is 30.5. The van der Waals surface area contributed by atoms with Crippen molar-refractivity contribution in [2.24, 2.45) is 10.9 Å². The molecule has 1 saturated heterocycles. The minimum Gasteiger partial charge on any atom is -0.468 e. The van der Waals surface area contributed by atoms with Crippen LogP contribution in [0.2, 0.25) is 0 Å². The maximum Gasteiger partial charge on any atom is 0.329 e. The summed E-state index contributed by atoms with van der Waals surface area (Å²) in [4.78, 5) is 67.8. The number of hydrogen-bond acceptors (Lipinski definition) is 7. The van der Waals surface area contributed by atoms with E-state index in [1.165, 1.54) is 18.7 Å². The van der Waals surface area contributed by atoms with Gasteiger partial charge in [0.15, 0.2) is 0 Å². The highest BCUT2D eigenvalue weighted by Crippen LogP contribution is 2.20. The van der Waals surface area contributed by atoms with E-state index in [9.17, 15) is 32.8 Å². The fraction of sp³-hybridized carbons (Fsp3) is 0.571. The van der Waals surface area contributed by atoms with Crippen LogP contribution in [-0.2, 0) is 35.1 Å². The SMILES string of the molecule is CCCCCNC(=O)NC(Cc1cc(F)cc(F)c1)C(=O)N=CC(C(=O)OC)[C@H](C)OC(=O)C1CCCN1C(C)=O. The Bertz CT molecular complexity index is 1110. The molecule has 226 valence electrons. The Hall–Kier alpha value is -3.90. The number of benzene rings is 1. The summed E-state index contributed by atoms with van der Waals surface area (Å²) in [5.74, 6) is -5.75. The van der Waals surface area contributed by atoms with Gasteiger partial charge in [0.25, 0.3) is 5.91 Å². The van der Waals surface area contributed by atoms with Gasteiger partial charge in [0.2, 0.25) is 5.91 Å². The largest absolute Gasteiger partial charge is 0.468 e. The number of likely N-dealkylation sites (tertiary alicyclic amines) is 1. The molecule has 0 bridgehead atoms. The van der Waals surface area contributed by atoms with Crippen LogP contribution in [0.15, 0.2) is 23.2 Å². The molecule has 1 aliphatic rings. The summed E-state index contributed by atoms with van der Waals surface area (Å²) in [7, 11) is 1.11. The molecule has 1 heterocycles. The second-order valence-electron chi connectivity index (χ2n) is 9.82. The van der Waals surface area contributed by atoms with Crippen molar-refractivity contribution in [1.29, 1.82) is 0 Å². The average Bonchev–Trinajstić information content (AvgIpc) is 3.41. The van der Waals surface area contributed by atoms with Crippen molar-refractivity contribution in [3.63, 3.8) is 0 Å². The molecule has 1 aliphatic heterocycles. The van der Waals surface area contributed by atoms with Gasteiger partial charge in [-0.15, -0.1) is 0 Å². The van der Waals surface area contributed by atoms with E-state index in [1.54, 1.807) is 0 Å². The molecule has 1 fully saturated rings. The van der Waals surface area contributed by atoms with Crippen molar-refractivity contribution < 1.29 is 42.2 Å². The number of methoxy groups -OCH3 is 1. The Kier molecular flexibility index (Phi) is 13.3. The Morgan fingerprint density at radius 2 is 1.83 bits per heavy atom. The first-order valence-corrected chi connectivity index (χ1v) is 13.6. The molecule has 0 radical (unpaired) electrons. The van der Waals surface area contributed by atoms with Crippen molar-refractivity contribution in [2.45, 2.75) is 77.5 Å². The van der Waals surface area contributed by atoms with E-state index in [1.807, 2.05) is 6.92 Å². The van der Waals surface area contributed by atoms with Gasteiger partial charge in [0.1, 0.15) is 35.7 Å². The molecule has 13 heteroatoms. The molecule has 4 amide bonds. The Morgan fingerprint density at radius 3 is 2.44 bits per heavy atom. The number of esters is 2. The number of nitrogens with zero attached hydrogens (tertiary/aromatic N) is 2. The van der Waals surface area contributed by atoms with Crippen molar-refractivity contribution in [3.8, 4) is 0 Å². The number of unbranched alkanes of at least 4 members (excludes halogenated alkanes) is 2. The highest BCUT2D eigenvalue weighted by Gasteiger charge is 2.36. The average molecular weight is 581 g/mol. The van der Waals surface area contributed by atoms with Gasteiger partial charge in [0, 0.05) is 38.7 Å². The second-order valence-corrected chi connectivity index (χ2v) is 9.82. The van der Waals surface area contributed by atoms with Gasteiger partial charge in [-0.1, -0.05) is 19.8 Å². The normalized spacial score (nSPS) is 17.0. The molecule has 1 aromatic carbocycles. The number of hydrogen-bond donors (Lipinski definition) is 2. The number of carbonyl (C=O) groups excluding carboxylic acids is 5. The molecule has 0 saturated carbocycles. The number of aliphatic imine (C=N–C) groups is 1. The first-order valence-electron chi connectivity index (χ1n) is 13.6. The van der Waals surface area contributed by atoms with Crippen LogP contribution in [0.4, 0.5) is 13.6 Å². The van der Waals surface area contributed by atoms with Crippen LogP contribution in [0, 0.1) is 17.6 Å². The molecule has 11 nitrogen and oxygen atoms in total. The lowest BCUT2D eigenvalue weighted by Gasteiger charge is -2.25. The maximum atomic E-state index is 13.8. The van der Waals surface area contributed by atoms with Crippen molar-refractivity contribution in [2.75, 3.05) is 20.2 Å². The number of amides is 4. The summed E-state index contributed by atoms with van der Waals surface area (Å²) >= 11 is 0. The molecule has 41 heavy (non-hydrogen) atoms. The topological polar surface area (TPSA) is 143 Å². The molecular formula is C28H38F2N4O7. The molecule has 2 rings (SSSR count). The number of urea groups is 1. The lowest BCUT2D eigenvalue weighted by atomic mass is 10.0. The van der Waals surface area contributed by atoms with Crippen LogP contribution in [0.5, 0.6) is 0 Å². The summed E-state index contributed by atoms with van der Waals surface area (Å²) in [6, 6.07) is -0.0673. The van der Waals surface area contributed by atoms with Gasteiger partial charge in [-0.25, -0.2) is 23.4 Å². The fourth-order valence-corrected chi connectivity index (χ4v) is 4.43. The molecular weight excluding hydrogens is 542 g/mol. The molecule has 0 spiro atoms. The maximum absolute atomic E-state index is 13.8. The molecule has 2 N–H and O–H groups in total. The first kappa shape index (κ1) is 33.3. The van der Waals surface area contributed by atoms with Crippen LogP contribution < -0.4 is 10.6 Å². The third-order valence-electron chi connectivity index (χ3n) is 6.60. The Balaban J connectivity index is 2.20. The standard InChI is InChI=1S/C28H38F2N4O7/c1-5-6-7-10-31-28(39)33-23(14-19-12-20(29)15-21(30)13-19)25(36)32-16-22(26(37)40-4)17(2)41-27(38)24-9-8-11-34(24)18(3)35/h12-13,15-17,22-24H,5-11,14H2,1-4H3,(H2,31,33,39)/t17-,22?,23?,24?/m0/s1. The van der Waals surface area contributed by atoms with Crippen molar-refractivity contribution >= 4 is 36.0 Å². The Labute approximate surface area is 238 Å². The minimum atomic E-state index is -1.34. The van der Waals surface area contributed by atoms with Gasteiger partial charge in [-0.3, -0.25) is 14.4 Å². The van der Waals surface area contributed by atoms with Crippen LogP contribution in [0.3, 0.4) is 0 Å². The second kappa shape index (κ2) is 16.4. The Morgan fingerprint density at radius 1 is 1.15 bits per heavy atom. The smallest absolute Gasteiger partial charge is 0.329 e. The molecule has 0 aromatic heterocycles. The molecule has 0 aliphatic carbocycles. The van der Waals surface area contributed by atoms with Crippen LogP contribution >= 0.6 is 0 Å². The minimum absolute atomic E-state index is 0.0979. The molecule has 3 unspecified atom stereocenters. The van der Waals surface area contributed by atoms with Crippen LogP contribution in [0.1, 0.15) is 58.4 Å². The quantitative estimate of drug-likeness (QED) is 0.207. The third kappa shape index (κ3) is 10.5. The zero-order valence-electron chi connectivity index (χ0n) is 23.8. The van der Waals surface area contributed by atoms with E-state index in [4.69, 9.17) is 9.47 Å². The number of carbonyl (C=O) groups is 5. The number of ether oxygens (including phenoxy) is 2. The van der Waals surface area contributed by atoms with Gasteiger partial charge >= 0.3 is 18.0 Å².